The summed E-state index contributed by atoms with van der Waals surface area (Å²) >= 11 is 0. The molecule has 2 atom stereocenters. The Hall–Kier alpha value is -0.810. The molecule has 116 valence electrons. The number of nitrogens with zero attached hydrogens (tertiary/aromatic N) is 1. The highest BCUT2D eigenvalue weighted by Gasteiger charge is 2.42. The van der Waals surface area contributed by atoms with E-state index in [4.69, 9.17) is 9.47 Å². The molecule has 0 aliphatic carbocycles. The molecule has 0 aromatic carbocycles. The van der Waals surface area contributed by atoms with Gasteiger partial charge in [0.15, 0.2) is 5.79 Å². The molecule has 20 heavy (non-hydrogen) atoms. The van der Waals surface area contributed by atoms with Crippen LogP contribution in [0.4, 0.5) is 4.79 Å². The van der Waals surface area contributed by atoms with E-state index in [1.165, 1.54) is 0 Å². The lowest BCUT2D eigenvalue weighted by atomic mass is 9.90. The van der Waals surface area contributed by atoms with Crippen LogP contribution in [0.5, 0.6) is 0 Å². The fourth-order valence-electron chi connectivity index (χ4n) is 2.81. The zero-order chi connectivity index (χ0) is 14.8. The number of carbonyl (C=O) groups excluding carboxylic acids is 1. The van der Waals surface area contributed by atoms with Crippen LogP contribution in [0.3, 0.4) is 0 Å². The van der Waals surface area contributed by atoms with Gasteiger partial charge in [0.1, 0.15) is 0 Å². The fraction of sp³-hybridized carbons (Fsp3) is 0.933. The van der Waals surface area contributed by atoms with E-state index in [2.05, 4.69) is 26.1 Å². The summed E-state index contributed by atoms with van der Waals surface area (Å²) in [5.41, 5.74) is 0. The number of piperidine rings is 1. The molecule has 0 unspecified atom stereocenters. The number of likely N-dealkylation sites (tertiary alicyclic amines) is 1. The zero-order valence-electron chi connectivity index (χ0n) is 13.1. The van der Waals surface area contributed by atoms with E-state index >= 15 is 0 Å². The summed E-state index contributed by atoms with van der Waals surface area (Å²) in [4.78, 5) is 14.2. The van der Waals surface area contributed by atoms with Crippen molar-refractivity contribution in [3.05, 3.63) is 0 Å². The van der Waals surface area contributed by atoms with Gasteiger partial charge in [-0.05, 0) is 32.6 Å². The van der Waals surface area contributed by atoms with Gasteiger partial charge in [0.25, 0.3) is 0 Å². The summed E-state index contributed by atoms with van der Waals surface area (Å²) in [5.74, 6) is 0.195. The van der Waals surface area contributed by atoms with Gasteiger partial charge in [-0.15, -0.1) is 0 Å². The highest BCUT2D eigenvalue weighted by molar-refractivity contribution is 5.74. The van der Waals surface area contributed by atoms with Crippen molar-refractivity contribution in [1.82, 2.24) is 10.2 Å². The number of hydrogen-bond donors (Lipinski definition) is 1. The first kappa shape index (κ1) is 15.6. The minimum Gasteiger partial charge on any atom is -0.347 e. The van der Waals surface area contributed by atoms with Crippen LogP contribution in [-0.4, -0.2) is 49.1 Å². The molecule has 2 saturated heterocycles. The monoisotopic (exact) mass is 284 g/mol. The average molecular weight is 284 g/mol. The summed E-state index contributed by atoms with van der Waals surface area (Å²) < 4.78 is 11.5. The Morgan fingerprint density at radius 2 is 1.95 bits per heavy atom. The molecule has 2 aliphatic rings. The van der Waals surface area contributed by atoms with Crippen LogP contribution >= 0.6 is 0 Å². The largest absolute Gasteiger partial charge is 0.347 e. The Morgan fingerprint density at radius 3 is 2.55 bits per heavy atom. The highest BCUT2D eigenvalue weighted by Crippen LogP contribution is 2.34. The minimum atomic E-state index is -0.511. The molecular weight excluding hydrogens is 256 g/mol. The molecule has 0 aromatic heterocycles. The third kappa shape index (κ3) is 3.44. The lowest BCUT2D eigenvalue weighted by molar-refractivity contribution is -0.189. The van der Waals surface area contributed by atoms with Crippen molar-refractivity contribution in [3.8, 4) is 0 Å². The topological polar surface area (TPSA) is 50.8 Å². The molecular formula is C15H28N2O3. The van der Waals surface area contributed by atoms with Gasteiger partial charge < -0.3 is 19.7 Å². The first-order chi connectivity index (χ1) is 9.42. The fourth-order valence-corrected chi connectivity index (χ4v) is 2.81. The Morgan fingerprint density at radius 1 is 1.30 bits per heavy atom. The number of amides is 2. The first-order valence-corrected chi connectivity index (χ1v) is 7.76. The first-order valence-electron chi connectivity index (χ1n) is 7.76. The summed E-state index contributed by atoms with van der Waals surface area (Å²) in [7, 11) is 0. The summed E-state index contributed by atoms with van der Waals surface area (Å²) in [6.45, 7) is 11.1. The Balaban J connectivity index is 1.91. The van der Waals surface area contributed by atoms with E-state index in [0.717, 1.165) is 19.4 Å². The number of hydrogen-bond acceptors (Lipinski definition) is 3. The number of ether oxygens (including phenoxy) is 2. The molecule has 0 bridgehead atoms. The number of carbonyl (C=O) groups is 1. The van der Waals surface area contributed by atoms with Crippen LogP contribution < -0.4 is 5.32 Å². The van der Waals surface area contributed by atoms with Crippen LogP contribution in [0.25, 0.3) is 0 Å². The molecule has 1 N–H and O–H groups in total. The van der Waals surface area contributed by atoms with E-state index < -0.39 is 5.79 Å². The smallest absolute Gasteiger partial charge is 0.317 e. The maximum absolute atomic E-state index is 12.3. The zero-order valence-corrected chi connectivity index (χ0v) is 13.1. The van der Waals surface area contributed by atoms with E-state index in [1.54, 1.807) is 0 Å². The standard InChI is InChI=1S/C15H28N2O3/c1-11(2)12(3)16-14(18)17-7-5-6-13(10-17)15(4)19-8-9-20-15/h11-13H,5-10H2,1-4H3,(H,16,18)/t12-,13+/m1/s1. The molecule has 2 heterocycles. The summed E-state index contributed by atoms with van der Waals surface area (Å²) in [6, 6.07) is 0.231. The molecule has 0 aromatic rings. The van der Waals surface area contributed by atoms with Crippen molar-refractivity contribution >= 4 is 6.03 Å². The van der Waals surface area contributed by atoms with E-state index in [1.807, 2.05) is 11.8 Å². The van der Waals surface area contributed by atoms with Crippen molar-refractivity contribution in [2.24, 2.45) is 11.8 Å². The number of rotatable bonds is 3. The third-order valence-corrected chi connectivity index (χ3v) is 4.66. The van der Waals surface area contributed by atoms with Crippen LogP contribution in [0.15, 0.2) is 0 Å². The molecule has 2 rings (SSSR count). The van der Waals surface area contributed by atoms with Gasteiger partial charge in [-0.3, -0.25) is 0 Å². The van der Waals surface area contributed by atoms with Crippen LogP contribution in [-0.2, 0) is 9.47 Å². The third-order valence-electron chi connectivity index (χ3n) is 4.66. The molecule has 0 spiro atoms. The van der Waals surface area contributed by atoms with Crippen molar-refractivity contribution in [3.63, 3.8) is 0 Å². The molecule has 5 nitrogen and oxygen atoms in total. The predicted octanol–water partition coefficient (Wildman–Crippen LogP) is 2.22. The van der Waals surface area contributed by atoms with Gasteiger partial charge in [-0.2, -0.15) is 0 Å². The quantitative estimate of drug-likeness (QED) is 0.864. The molecule has 2 fully saturated rings. The molecule has 2 aliphatic heterocycles. The number of nitrogens with one attached hydrogen (secondary N) is 1. The lowest BCUT2D eigenvalue weighted by Crippen LogP contribution is -2.53. The van der Waals surface area contributed by atoms with Crippen molar-refractivity contribution in [2.45, 2.75) is 52.4 Å². The predicted molar refractivity (Wildman–Crippen MR) is 77.4 cm³/mol. The average Bonchev–Trinajstić information content (AvgIpc) is 2.87. The molecule has 0 radical (unpaired) electrons. The second-order valence-electron chi connectivity index (χ2n) is 6.48. The lowest BCUT2D eigenvalue weighted by Gasteiger charge is -2.40. The van der Waals surface area contributed by atoms with E-state index in [9.17, 15) is 4.79 Å². The Bertz CT molecular complexity index is 340. The van der Waals surface area contributed by atoms with Gasteiger partial charge in [-0.1, -0.05) is 13.8 Å². The molecule has 2 amide bonds. The van der Waals surface area contributed by atoms with Crippen molar-refractivity contribution in [1.29, 1.82) is 0 Å². The second-order valence-corrected chi connectivity index (χ2v) is 6.48. The maximum atomic E-state index is 12.3. The summed E-state index contributed by atoms with van der Waals surface area (Å²) in [5, 5.41) is 3.08. The van der Waals surface area contributed by atoms with Gasteiger partial charge >= 0.3 is 6.03 Å². The minimum absolute atomic E-state index is 0.0393. The van der Waals surface area contributed by atoms with Gasteiger partial charge in [-0.25, -0.2) is 4.79 Å². The van der Waals surface area contributed by atoms with Crippen LogP contribution in [0.1, 0.15) is 40.5 Å². The van der Waals surface area contributed by atoms with E-state index in [0.29, 0.717) is 25.7 Å². The Labute approximate surface area is 122 Å². The SMILES string of the molecule is CC(C)[C@@H](C)NC(=O)N1CCC[C@H](C2(C)OCCO2)C1. The van der Waals surface area contributed by atoms with Crippen molar-refractivity contribution < 1.29 is 14.3 Å². The van der Waals surface area contributed by atoms with Gasteiger partial charge in [0, 0.05) is 25.0 Å². The molecule has 0 saturated carbocycles. The van der Waals surface area contributed by atoms with Crippen LogP contribution in [0, 0.1) is 11.8 Å². The maximum Gasteiger partial charge on any atom is 0.317 e. The summed E-state index contributed by atoms with van der Waals surface area (Å²) in [6.07, 6.45) is 2.07. The van der Waals surface area contributed by atoms with Crippen molar-refractivity contribution in [2.75, 3.05) is 26.3 Å². The van der Waals surface area contributed by atoms with Gasteiger partial charge in [0.05, 0.1) is 13.2 Å². The van der Waals surface area contributed by atoms with Crippen LogP contribution in [0.2, 0.25) is 0 Å². The normalized spacial score (nSPS) is 27.6. The number of urea groups is 1. The van der Waals surface area contributed by atoms with E-state index in [-0.39, 0.29) is 18.0 Å². The second kappa shape index (κ2) is 6.31. The molecule has 5 heteroatoms. The van der Waals surface area contributed by atoms with Gasteiger partial charge in [0.2, 0.25) is 0 Å². The Kier molecular flexibility index (Phi) is 4.91. The highest BCUT2D eigenvalue weighted by atomic mass is 16.7.